The average Bonchev–Trinajstić information content (AvgIpc) is 1.81. The van der Waals surface area contributed by atoms with E-state index < -0.39 is 22.2 Å². The molecule has 0 unspecified atom stereocenters. The second-order valence-electron chi connectivity index (χ2n) is 1.45. The number of nitro groups is 2. The molecule has 11 heavy (non-hydrogen) atoms. The van der Waals surface area contributed by atoms with Crippen LogP contribution in [0.15, 0.2) is 0 Å². The monoisotopic (exact) mass is 164 g/mol. The first-order chi connectivity index (χ1) is 4.95. The van der Waals surface area contributed by atoms with Crippen molar-refractivity contribution in [2.24, 2.45) is 5.73 Å². The summed E-state index contributed by atoms with van der Waals surface area (Å²) in [5.74, 6) is 0. The smallest absolute Gasteiger partial charge is 0.351 e. The Labute approximate surface area is 59.5 Å². The maximum Gasteiger partial charge on any atom is 0.537 e. The van der Waals surface area contributed by atoms with Gasteiger partial charge in [0.1, 0.15) is 9.85 Å². The molecule has 0 aliphatic heterocycles. The summed E-state index contributed by atoms with van der Waals surface area (Å²) in [5.41, 5.74) is 4.41. The lowest BCUT2D eigenvalue weighted by atomic mass is 10.8. The molecular formula is C2H4N4O5. The summed E-state index contributed by atoms with van der Waals surface area (Å²) >= 11 is 0. The SMILES string of the molecule is NC(=O)NC([N+](=O)[O-])[N+](=O)[O-]. The fourth-order valence-corrected chi connectivity index (χ4v) is 0.310. The Balaban J connectivity index is 4.23. The number of urea groups is 1. The number of hydrogen-bond acceptors (Lipinski definition) is 5. The largest absolute Gasteiger partial charge is 0.537 e. The first kappa shape index (κ1) is 9.07. The number of carbonyl (C=O) groups excluding carboxylic acids is 1. The Morgan fingerprint density at radius 2 is 1.73 bits per heavy atom. The molecule has 0 rings (SSSR count). The summed E-state index contributed by atoms with van der Waals surface area (Å²) in [5, 5.41) is 20.9. The lowest BCUT2D eigenvalue weighted by Gasteiger charge is -1.99. The zero-order valence-electron chi connectivity index (χ0n) is 5.09. The van der Waals surface area contributed by atoms with Crippen LogP contribution in [-0.4, -0.2) is 22.2 Å². The minimum atomic E-state index is -2.37. The number of nitrogens with two attached hydrogens (primary N) is 1. The Hall–Kier alpha value is -1.93. The molecule has 0 aliphatic carbocycles. The molecule has 0 radical (unpaired) electrons. The molecule has 0 heterocycles. The number of rotatable bonds is 3. The third kappa shape index (κ3) is 2.93. The maximum absolute atomic E-state index is 9.92. The van der Waals surface area contributed by atoms with E-state index in [1.807, 2.05) is 0 Å². The highest BCUT2D eigenvalue weighted by Crippen LogP contribution is 1.84. The molecule has 0 aromatic carbocycles. The van der Waals surface area contributed by atoms with E-state index in [0.717, 1.165) is 0 Å². The van der Waals surface area contributed by atoms with Gasteiger partial charge in [-0.25, -0.2) is 10.1 Å². The summed E-state index contributed by atoms with van der Waals surface area (Å²) in [4.78, 5) is 26.9. The molecule has 62 valence electrons. The standard InChI is InChI=1S/C2H4N4O5/c3-1(7)4-2(5(8)9)6(10)11/h2H,(H3,3,4,7). The van der Waals surface area contributed by atoms with Crippen molar-refractivity contribution in [2.45, 2.75) is 6.29 Å². The molecule has 0 aliphatic rings. The molecule has 0 saturated heterocycles. The Morgan fingerprint density at radius 3 is 1.82 bits per heavy atom. The molecule has 0 aromatic heterocycles. The summed E-state index contributed by atoms with van der Waals surface area (Å²) < 4.78 is 0. The third-order valence-electron chi connectivity index (χ3n) is 0.671. The van der Waals surface area contributed by atoms with Crippen LogP contribution < -0.4 is 11.1 Å². The molecule has 0 atom stereocenters. The zero-order chi connectivity index (χ0) is 9.02. The highest BCUT2D eigenvalue weighted by molar-refractivity contribution is 5.71. The third-order valence-corrected chi connectivity index (χ3v) is 0.671. The van der Waals surface area contributed by atoms with Crippen molar-refractivity contribution in [3.05, 3.63) is 20.2 Å². The van der Waals surface area contributed by atoms with E-state index in [2.05, 4.69) is 5.73 Å². The van der Waals surface area contributed by atoms with Crippen LogP contribution in [0.2, 0.25) is 0 Å². The van der Waals surface area contributed by atoms with Gasteiger partial charge >= 0.3 is 12.3 Å². The summed E-state index contributed by atoms with van der Waals surface area (Å²) in [6, 6.07) is -1.32. The number of amides is 2. The Morgan fingerprint density at radius 1 is 1.36 bits per heavy atom. The van der Waals surface area contributed by atoms with E-state index in [4.69, 9.17) is 0 Å². The van der Waals surface area contributed by atoms with Gasteiger partial charge in [0.2, 0.25) is 0 Å². The van der Waals surface area contributed by atoms with Crippen molar-refractivity contribution >= 4 is 6.03 Å². The van der Waals surface area contributed by atoms with E-state index in [-0.39, 0.29) is 0 Å². The second-order valence-corrected chi connectivity index (χ2v) is 1.45. The van der Waals surface area contributed by atoms with Crippen molar-refractivity contribution < 1.29 is 14.6 Å². The van der Waals surface area contributed by atoms with Gasteiger partial charge in [-0.2, -0.15) is 0 Å². The Kier molecular flexibility index (Phi) is 2.71. The Bertz CT molecular complexity index is 187. The number of carbonyl (C=O) groups is 1. The molecule has 9 nitrogen and oxygen atoms in total. The van der Waals surface area contributed by atoms with Gasteiger partial charge in [-0.1, -0.05) is 0 Å². The van der Waals surface area contributed by atoms with Crippen molar-refractivity contribution in [2.75, 3.05) is 0 Å². The van der Waals surface area contributed by atoms with Gasteiger partial charge in [-0.3, -0.25) is 20.2 Å². The number of nitrogens with one attached hydrogen (secondary N) is 1. The molecular weight excluding hydrogens is 160 g/mol. The maximum atomic E-state index is 9.92. The van der Waals surface area contributed by atoms with E-state index in [9.17, 15) is 25.0 Å². The first-order valence-electron chi connectivity index (χ1n) is 2.28. The van der Waals surface area contributed by atoms with Crippen LogP contribution >= 0.6 is 0 Å². The van der Waals surface area contributed by atoms with Gasteiger partial charge < -0.3 is 5.73 Å². The van der Waals surface area contributed by atoms with Gasteiger partial charge in [0, 0.05) is 0 Å². The van der Waals surface area contributed by atoms with Crippen LogP contribution in [0, 0.1) is 20.2 Å². The molecule has 2 amide bonds. The molecule has 0 bridgehead atoms. The van der Waals surface area contributed by atoms with E-state index in [1.54, 1.807) is 0 Å². The summed E-state index contributed by atoms with van der Waals surface area (Å²) in [6.07, 6.45) is -2.37. The van der Waals surface area contributed by atoms with Crippen molar-refractivity contribution in [3.63, 3.8) is 0 Å². The summed E-state index contributed by atoms with van der Waals surface area (Å²) in [7, 11) is 0. The van der Waals surface area contributed by atoms with Gasteiger partial charge in [-0.05, 0) is 0 Å². The van der Waals surface area contributed by atoms with Crippen LogP contribution in [0.4, 0.5) is 4.79 Å². The number of nitrogens with zero attached hydrogens (tertiary/aromatic N) is 2. The molecule has 0 aromatic rings. The molecule has 3 N–H and O–H groups in total. The van der Waals surface area contributed by atoms with Crippen LogP contribution in [0.5, 0.6) is 0 Å². The fourth-order valence-electron chi connectivity index (χ4n) is 0.310. The van der Waals surface area contributed by atoms with Gasteiger partial charge in [0.05, 0.1) is 0 Å². The van der Waals surface area contributed by atoms with Crippen molar-refractivity contribution in [1.29, 1.82) is 0 Å². The number of primary amides is 1. The molecule has 0 saturated carbocycles. The lowest BCUT2D eigenvalue weighted by molar-refractivity contribution is -0.746. The highest BCUT2D eigenvalue weighted by atomic mass is 16.7. The van der Waals surface area contributed by atoms with E-state index in [1.165, 1.54) is 5.32 Å². The lowest BCUT2D eigenvalue weighted by Crippen LogP contribution is -2.48. The van der Waals surface area contributed by atoms with Crippen LogP contribution in [-0.2, 0) is 0 Å². The quantitative estimate of drug-likeness (QED) is 0.296. The van der Waals surface area contributed by atoms with Crippen LogP contribution in [0.1, 0.15) is 0 Å². The van der Waals surface area contributed by atoms with Gasteiger partial charge in [0.25, 0.3) is 0 Å². The molecule has 9 heteroatoms. The molecule has 0 spiro atoms. The van der Waals surface area contributed by atoms with E-state index >= 15 is 0 Å². The molecule has 0 fully saturated rings. The van der Waals surface area contributed by atoms with E-state index in [0.29, 0.717) is 0 Å². The van der Waals surface area contributed by atoms with Crippen molar-refractivity contribution in [1.82, 2.24) is 5.32 Å². The van der Waals surface area contributed by atoms with Gasteiger partial charge in [-0.15, -0.1) is 0 Å². The highest BCUT2D eigenvalue weighted by Gasteiger charge is 2.32. The summed E-state index contributed by atoms with van der Waals surface area (Å²) in [6.45, 7) is 0. The second kappa shape index (κ2) is 3.29. The fraction of sp³-hybridized carbons (Fsp3) is 0.500. The minimum absolute atomic E-state index is 1.27. The predicted molar refractivity (Wildman–Crippen MR) is 30.5 cm³/mol. The minimum Gasteiger partial charge on any atom is -0.351 e. The first-order valence-corrected chi connectivity index (χ1v) is 2.28. The van der Waals surface area contributed by atoms with Crippen molar-refractivity contribution in [3.8, 4) is 0 Å². The topological polar surface area (TPSA) is 141 Å². The normalized spacial score (nSPS) is 9.18. The zero-order valence-corrected chi connectivity index (χ0v) is 5.09. The van der Waals surface area contributed by atoms with Crippen LogP contribution in [0.25, 0.3) is 0 Å². The number of hydrogen-bond donors (Lipinski definition) is 2. The predicted octanol–water partition coefficient (Wildman–Crippen LogP) is -1.51. The van der Waals surface area contributed by atoms with Gasteiger partial charge in [0.15, 0.2) is 0 Å². The van der Waals surface area contributed by atoms with Crippen LogP contribution in [0.3, 0.4) is 0 Å². The average molecular weight is 164 g/mol.